The Morgan fingerprint density at radius 2 is 2.39 bits per heavy atom. The van der Waals surface area contributed by atoms with Crippen LogP contribution in [0.15, 0.2) is 35.1 Å². The molecule has 2 aromatic rings. The number of anilines is 1. The molecule has 122 valence electrons. The van der Waals surface area contributed by atoms with Crippen molar-refractivity contribution in [2.24, 2.45) is 0 Å². The SMILES string of the molecule is Cc1cc([C@H]2CCCCN2CCC(=O)Nc2cccnc2)no1. The van der Waals surface area contributed by atoms with Gasteiger partial charge in [-0.1, -0.05) is 11.6 Å². The Bertz CT molecular complexity index is 641. The highest BCUT2D eigenvalue weighted by Gasteiger charge is 2.26. The van der Waals surface area contributed by atoms with Gasteiger partial charge >= 0.3 is 0 Å². The standard InChI is InChI=1S/C17H22N4O2/c1-13-11-15(20-23-13)16-6-2-3-9-21(16)10-7-17(22)19-14-5-4-8-18-12-14/h4-5,8,11-12,16H,2-3,6-7,9-10H2,1H3,(H,19,22)/t16-/m1/s1. The van der Waals surface area contributed by atoms with Crippen LogP contribution < -0.4 is 5.32 Å². The van der Waals surface area contributed by atoms with Crippen LogP contribution in [0.25, 0.3) is 0 Å². The van der Waals surface area contributed by atoms with Gasteiger partial charge in [0, 0.05) is 25.2 Å². The molecule has 1 amide bonds. The Labute approximate surface area is 135 Å². The van der Waals surface area contributed by atoms with Crippen molar-refractivity contribution in [1.29, 1.82) is 0 Å². The van der Waals surface area contributed by atoms with Gasteiger partial charge in [-0.2, -0.15) is 0 Å². The lowest BCUT2D eigenvalue weighted by Crippen LogP contribution is -2.35. The van der Waals surface area contributed by atoms with E-state index in [9.17, 15) is 4.79 Å². The lowest BCUT2D eigenvalue weighted by atomic mass is 9.99. The van der Waals surface area contributed by atoms with Gasteiger partial charge in [-0.3, -0.25) is 14.7 Å². The molecule has 2 aromatic heterocycles. The van der Waals surface area contributed by atoms with Gasteiger partial charge in [0.05, 0.1) is 17.9 Å². The number of hydrogen-bond acceptors (Lipinski definition) is 5. The second kappa shape index (κ2) is 7.37. The molecule has 1 atom stereocenters. The molecule has 1 aliphatic heterocycles. The quantitative estimate of drug-likeness (QED) is 0.918. The first kappa shape index (κ1) is 15.7. The van der Waals surface area contributed by atoms with Crippen LogP contribution in [0.5, 0.6) is 0 Å². The summed E-state index contributed by atoms with van der Waals surface area (Å²) in [7, 11) is 0. The van der Waals surface area contributed by atoms with E-state index in [1.54, 1.807) is 12.4 Å². The second-order valence-electron chi connectivity index (χ2n) is 5.95. The van der Waals surface area contributed by atoms with Crippen molar-refractivity contribution in [2.45, 2.75) is 38.6 Å². The van der Waals surface area contributed by atoms with Crippen LogP contribution >= 0.6 is 0 Å². The molecular formula is C17H22N4O2. The molecule has 6 heteroatoms. The third-order valence-electron chi connectivity index (χ3n) is 4.17. The highest BCUT2D eigenvalue weighted by atomic mass is 16.5. The fourth-order valence-corrected chi connectivity index (χ4v) is 3.04. The third kappa shape index (κ3) is 4.16. The molecule has 23 heavy (non-hydrogen) atoms. The lowest BCUT2D eigenvalue weighted by Gasteiger charge is -2.34. The molecule has 0 aromatic carbocycles. The highest BCUT2D eigenvalue weighted by molar-refractivity contribution is 5.90. The van der Waals surface area contributed by atoms with Crippen molar-refractivity contribution in [2.75, 3.05) is 18.4 Å². The number of carbonyl (C=O) groups is 1. The number of aryl methyl sites for hydroxylation is 1. The van der Waals surface area contributed by atoms with E-state index in [1.165, 1.54) is 6.42 Å². The Morgan fingerprint density at radius 3 is 3.13 bits per heavy atom. The number of likely N-dealkylation sites (tertiary alicyclic amines) is 1. The maximum absolute atomic E-state index is 12.1. The summed E-state index contributed by atoms with van der Waals surface area (Å²) in [6.45, 7) is 3.63. The van der Waals surface area contributed by atoms with E-state index >= 15 is 0 Å². The first-order valence-corrected chi connectivity index (χ1v) is 8.09. The zero-order valence-electron chi connectivity index (χ0n) is 13.4. The predicted molar refractivity (Wildman–Crippen MR) is 86.9 cm³/mol. The lowest BCUT2D eigenvalue weighted by molar-refractivity contribution is -0.116. The summed E-state index contributed by atoms with van der Waals surface area (Å²) < 4.78 is 5.21. The van der Waals surface area contributed by atoms with E-state index < -0.39 is 0 Å². The van der Waals surface area contributed by atoms with Crippen LogP contribution in [0.4, 0.5) is 5.69 Å². The van der Waals surface area contributed by atoms with Crippen molar-refractivity contribution in [1.82, 2.24) is 15.0 Å². The summed E-state index contributed by atoms with van der Waals surface area (Å²) in [6, 6.07) is 5.90. The number of pyridine rings is 1. The molecular weight excluding hydrogens is 292 g/mol. The van der Waals surface area contributed by atoms with Gasteiger partial charge < -0.3 is 9.84 Å². The van der Waals surface area contributed by atoms with Crippen molar-refractivity contribution in [3.05, 3.63) is 42.0 Å². The summed E-state index contributed by atoms with van der Waals surface area (Å²) in [5.41, 5.74) is 1.72. The summed E-state index contributed by atoms with van der Waals surface area (Å²) in [6.07, 6.45) is 7.22. The van der Waals surface area contributed by atoms with Crippen LogP contribution in [0, 0.1) is 6.92 Å². The Morgan fingerprint density at radius 1 is 1.48 bits per heavy atom. The van der Waals surface area contributed by atoms with Crippen LogP contribution in [-0.2, 0) is 4.79 Å². The minimum atomic E-state index is 0.0126. The van der Waals surface area contributed by atoms with Gasteiger partial charge in [-0.25, -0.2) is 0 Å². The average molecular weight is 314 g/mol. The average Bonchev–Trinajstić information content (AvgIpc) is 3.00. The van der Waals surface area contributed by atoms with E-state index in [2.05, 4.69) is 20.4 Å². The normalized spacial score (nSPS) is 18.7. The minimum absolute atomic E-state index is 0.0126. The number of nitrogens with one attached hydrogen (secondary N) is 1. The Balaban J connectivity index is 1.56. The molecule has 1 fully saturated rings. The topological polar surface area (TPSA) is 71.3 Å². The van der Waals surface area contributed by atoms with Crippen molar-refractivity contribution in [3.63, 3.8) is 0 Å². The molecule has 0 spiro atoms. The first-order valence-electron chi connectivity index (χ1n) is 8.09. The maximum Gasteiger partial charge on any atom is 0.225 e. The number of rotatable bonds is 5. The molecule has 0 aliphatic carbocycles. The fraction of sp³-hybridized carbons (Fsp3) is 0.471. The van der Waals surface area contributed by atoms with E-state index in [1.807, 2.05) is 25.1 Å². The minimum Gasteiger partial charge on any atom is -0.361 e. The van der Waals surface area contributed by atoms with E-state index in [0.717, 1.165) is 43.1 Å². The monoisotopic (exact) mass is 314 g/mol. The number of carbonyl (C=O) groups excluding carboxylic acids is 1. The maximum atomic E-state index is 12.1. The summed E-state index contributed by atoms with van der Waals surface area (Å²) in [5, 5.41) is 7.04. The van der Waals surface area contributed by atoms with Crippen molar-refractivity contribution >= 4 is 11.6 Å². The number of amides is 1. The molecule has 0 bridgehead atoms. The summed E-state index contributed by atoms with van der Waals surface area (Å²) in [4.78, 5) is 18.4. The van der Waals surface area contributed by atoms with Crippen molar-refractivity contribution < 1.29 is 9.32 Å². The van der Waals surface area contributed by atoms with Crippen molar-refractivity contribution in [3.8, 4) is 0 Å². The molecule has 6 nitrogen and oxygen atoms in total. The van der Waals surface area contributed by atoms with Gasteiger partial charge in [-0.05, 0) is 38.4 Å². The van der Waals surface area contributed by atoms with Crippen LogP contribution in [0.3, 0.4) is 0 Å². The van der Waals surface area contributed by atoms with Gasteiger partial charge in [-0.15, -0.1) is 0 Å². The predicted octanol–water partition coefficient (Wildman–Crippen LogP) is 2.93. The van der Waals surface area contributed by atoms with Gasteiger partial charge in [0.2, 0.25) is 5.91 Å². The summed E-state index contributed by atoms with van der Waals surface area (Å²) in [5.74, 6) is 0.846. The number of nitrogens with zero attached hydrogens (tertiary/aromatic N) is 3. The first-order chi connectivity index (χ1) is 11.2. The Hall–Kier alpha value is -2.21. The smallest absolute Gasteiger partial charge is 0.225 e. The molecule has 1 N–H and O–H groups in total. The van der Waals surface area contributed by atoms with Gasteiger partial charge in [0.25, 0.3) is 0 Å². The highest BCUT2D eigenvalue weighted by Crippen LogP contribution is 2.30. The fourth-order valence-electron chi connectivity index (χ4n) is 3.04. The molecule has 0 saturated carbocycles. The zero-order chi connectivity index (χ0) is 16.1. The van der Waals surface area contributed by atoms with E-state index in [0.29, 0.717) is 6.42 Å². The molecule has 3 heterocycles. The van der Waals surface area contributed by atoms with Crippen LogP contribution in [-0.4, -0.2) is 34.0 Å². The number of piperidine rings is 1. The number of hydrogen-bond donors (Lipinski definition) is 1. The van der Waals surface area contributed by atoms with E-state index in [4.69, 9.17) is 4.52 Å². The van der Waals surface area contributed by atoms with Crippen LogP contribution in [0.2, 0.25) is 0 Å². The summed E-state index contributed by atoms with van der Waals surface area (Å²) >= 11 is 0. The number of aromatic nitrogens is 2. The zero-order valence-corrected chi connectivity index (χ0v) is 13.4. The largest absolute Gasteiger partial charge is 0.361 e. The second-order valence-corrected chi connectivity index (χ2v) is 5.95. The van der Waals surface area contributed by atoms with Crippen LogP contribution in [0.1, 0.15) is 43.2 Å². The van der Waals surface area contributed by atoms with Gasteiger partial charge in [0.1, 0.15) is 11.5 Å². The molecule has 1 aliphatic rings. The third-order valence-corrected chi connectivity index (χ3v) is 4.17. The molecule has 3 rings (SSSR count). The van der Waals surface area contributed by atoms with E-state index in [-0.39, 0.29) is 11.9 Å². The van der Waals surface area contributed by atoms with Gasteiger partial charge in [0.15, 0.2) is 0 Å². The molecule has 0 radical (unpaired) electrons. The molecule has 1 saturated heterocycles. The molecule has 0 unspecified atom stereocenters. The Kier molecular flexibility index (Phi) is 5.02.